The fourth-order valence-electron chi connectivity index (χ4n) is 4.90. The van der Waals surface area contributed by atoms with E-state index in [0.29, 0.717) is 23.1 Å². The van der Waals surface area contributed by atoms with Crippen molar-refractivity contribution < 1.29 is 14.3 Å². The number of aromatic nitrogens is 12. The summed E-state index contributed by atoms with van der Waals surface area (Å²) in [5, 5.41) is 47.7. The Morgan fingerprint density at radius 3 is 1.35 bits per heavy atom. The summed E-state index contributed by atoms with van der Waals surface area (Å²) in [7, 11) is 2.57. The highest BCUT2D eigenvalue weighted by Crippen LogP contribution is 2.23. The quantitative estimate of drug-likeness (QED) is 0.0538. The second kappa shape index (κ2) is 28.0. The molecule has 0 aliphatic heterocycles. The van der Waals surface area contributed by atoms with Gasteiger partial charge in [0.15, 0.2) is 11.6 Å². The van der Waals surface area contributed by atoms with Crippen molar-refractivity contribution in [1.29, 1.82) is 5.26 Å². The first-order chi connectivity index (χ1) is 31.5. The molecule has 0 spiro atoms. The van der Waals surface area contributed by atoms with Crippen LogP contribution in [0, 0.1) is 49.4 Å². The van der Waals surface area contributed by atoms with Gasteiger partial charge in [-0.3, -0.25) is 4.79 Å². The third kappa shape index (κ3) is 18.2. The molecule has 17 nitrogen and oxygen atoms in total. The monoisotopic (exact) mass is 1220 g/mol. The second-order valence-corrected chi connectivity index (χ2v) is 25.4. The molecule has 0 atom stereocenters. The van der Waals surface area contributed by atoms with E-state index in [-0.39, 0.29) is 7.43 Å². The molecule has 0 saturated carbocycles. The van der Waals surface area contributed by atoms with Gasteiger partial charge in [-0.15, -0.1) is 9.36 Å². The first-order valence-corrected chi connectivity index (χ1v) is 27.4. The molecule has 360 valence electrons. The number of hydrogen-bond donors (Lipinski definition) is 0. The number of carbonyl (C=O) groups excluding carboxylic acids is 1. The van der Waals surface area contributed by atoms with Crippen LogP contribution in [-0.2, 0) is 0 Å². The van der Waals surface area contributed by atoms with E-state index in [4.69, 9.17) is 16.9 Å². The number of carbonyl (C=O) groups is 1. The van der Waals surface area contributed by atoms with Gasteiger partial charge >= 0.3 is 17.0 Å². The molecular weight excluding hydrogens is 1170 g/mol. The maximum Gasteiger partial charge on any atom is 0.315 e. The molecule has 68 heavy (non-hydrogen) atoms. The molecule has 1 amide bonds. The molecule has 0 saturated heterocycles. The topological polar surface area (TPSA) is 195 Å². The van der Waals surface area contributed by atoms with Crippen LogP contribution in [0.4, 0.5) is 4.79 Å². The Kier molecular flexibility index (Phi) is 24.1. The van der Waals surface area contributed by atoms with Crippen LogP contribution in [0.2, 0.25) is 26.2 Å². The van der Waals surface area contributed by atoms with Crippen LogP contribution in [0.25, 0.3) is 23.3 Å². The highest BCUT2D eigenvalue weighted by Gasteiger charge is 2.16. The molecule has 0 N–H and O–H groups in total. The number of nitriles is 1. The van der Waals surface area contributed by atoms with Gasteiger partial charge in [0.1, 0.15) is 24.2 Å². The molecule has 0 aromatic carbocycles. The van der Waals surface area contributed by atoms with Gasteiger partial charge in [-0.2, -0.15) is 15.5 Å². The van der Waals surface area contributed by atoms with Crippen molar-refractivity contribution in [3.63, 3.8) is 0 Å². The maximum absolute atomic E-state index is 11.5. The molecular formula is C45H53Br4ClN14O3Si. The molecule has 0 unspecified atom stereocenters. The zero-order valence-corrected chi connectivity index (χ0v) is 46.4. The largest absolute Gasteiger partial charge is 0.711 e. The van der Waals surface area contributed by atoms with Crippen molar-refractivity contribution in [3.8, 4) is 29.3 Å². The molecule has 23 heteroatoms. The molecule has 8 aromatic heterocycles. The van der Waals surface area contributed by atoms with Gasteiger partial charge in [0.2, 0.25) is 0 Å². The van der Waals surface area contributed by atoms with E-state index in [9.17, 15) is 15.2 Å². The lowest BCUT2D eigenvalue weighted by Crippen LogP contribution is -2.33. The SMILES string of the molecule is C.CN(C)C(=O)Cl.C[Si](C)(C)C.Cc1c(Br)cc(C#N)nc1-n1cccn1.Cc1c(Br)cc[n+]([O-])c1-n1cccn1.Cc1c(Br)cc[n+]([O-])c1-n1cccn1.Cc1c(Br)ccnc1-n1cccn1. The number of hydrogen-bond acceptors (Lipinski definition) is 10. The summed E-state index contributed by atoms with van der Waals surface area (Å²) >= 11 is 18.5. The number of pyridine rings is 4. The zero-order chi connectivity index (χ0) is 50.0. The van der Waals surface area contributed by atoms with Crippen molar-refractivity contribution in [2.75, 3.05) is 14.1 Å². The van der Waals surface area contributed by atoms with Crippen molar-refractivity contribution in [2.24, 2.45) is 0 Å². The summed E-state index contributed by atoms with van der Waals surface area (Å²) in [6, 6.07) is 16.3. The average molecular weight is 1220 g/mol. The third-order valence-corrected chi connectivity index (χ3v) is 11.9. The maximum atomic E-state index is 11.5. The molecule has 8 heterocycles. The Morgan fingerprint density at radius 1 is 0.647 bits per heavy atom. The van der Waals surface area contributed by atoms with E-state index in [1.54, 1.807) is 113 Å². The number of halogens is 5. The minimum absolute atomic E-state index is 0. The molecule has 8 rings (SSSR count). The van der Waals surface area contributed by atoms with E-state index in [0.717, 1.165) is 55.4 Å². The Bertz CT molecular complexity index is 2740. The van der Waals surface area contributed by atoms with Crippen molar-refractivity contribution in [3.05, 3.63) is 173 Å². The zero-order valence-electron chi connectivity index (χ0n) is 38.3. The van der Waals surface area contributed by atoms with Crippen LogP contribution in [-0.4, -0.2) is 81.5 Å². The van der Waals surface area contributed by atoms with Crippen LogP contribution in [0.1, 0.15) is 35.4 Å². The minimum atomic E-state index is -0.611. The van der Waals surface area contributed by atoms with Crippen LogP contribution in [0.15, 0.2) is 135 Å². The molecule has 0 bridgehead atoms. The van der Waals surface area contributed by atoms with Gasteiger partial charge in [0.05, 0.1) is 35.9 Å². The molecule has 8 aromatic rings. The van der Waals surface area contributed by atoms with Crippen LogP contribution in [0.5, 0.6) is 0 Å². The summed E-state index contributed by atoms with van der Waals surface area (Å²) < 4.78 is 11.8. The summed E-state index contributed by atoms with van der Waals surface area (Å²) in [6.07, 6.45) is 18.5. The molecule has 0 radical (unpaired) electrons. The fraction of sp³-hybridized carbons (Fsp3) is 0.244. The lowest BCUT2D eigenvalue weighted by atomic mass is 10.2. The van der Waals surface area contributed by atoms with Gasteiger partial charge in [0.25, 0.3) is 0 Å². The third-order valence-electron chi connectivity index (χ3n) is 8.16. The average Bonchev–Trinajstić information content (AvgIpc) is 4.13. The fourth-order valence-corrected chi connectivity index (χ4v) is 6.18. The van der Waals surface area contributed by atoms with Gasteiger partial charge in [-0.05, 0) is 75.7 Å². The smallest absolute Gasteiger partial charge is 0.315 e. The van der Waals surface area contributed by atoms with Crippen molar-refractivity contribution in [2.45, 2.75) is 61.3 Å². The van der Waals surface area contributed by atoms with Crippen LogP contribution >= 0.6 is 75.3 Å². The Balaban J connectivity index is 0.000000289. The lowest BCUT2D eigenvalue weighted by molar-refractivity contribution is -0.600. The normalized spacial score (nSPS) is 10.0. The van der Waals surface area contributed by atoms with E-state index < -0.39 is 13.4 Å². The summed E-state index contributed by atoms with van der Waals surface area (Å²) in [5.74, 6) is 2.57. The van der Waals surface area contributed by atoms with Gasteiger partial charge in [-0.1, -0.05) is 108 Å². The van der Waals surface area contributed by atoms with E-state index >= 15 is 0 Å². The highest BCUT2D eigenvalue weighted by atomic mass is 79.9. The van der Waals surface area contributed by atoms with Crippen molar-refractivity contribution in [1.82, 2.24) is 54.0 Å². The number of amides is 1. The first kappa shape index (κ1) is 58.6. The van der Waals surface area contributed by atoms with Crippen LogP contribution in [0.3, 0.4) is 0 Å². The Morgan fingerprint density at radius 2 is 1.00 bits per heavy atom. The Labute approximate surface area is 436 Å². The standard InChI is InChI=1S/C10H7BrN4.2C9H8BrN3O.C9H8BrN3.C4H12Si.C3H6ClNO.CH4/c1-7-9(11)5-8(6-12)14-10(7)15-4-2-3-13-15;2*1-7-8(10)3-6-13(14)9(7)12-5-2-4-11-12;1-7-8(10)3-5-11-9(7)13-6-2-4-12-13;1-5(2,3)4;1-5(2)3(4)6;/h2-5H,1H3;2*2-6H,1H3;2-6H,1H3;1-4H3;1-2H3;1H4. The second-order valence-electron chi connectivity index (χ2n) is 15.6. The molecule has 0 fully saturated rings. The van der Waals surface area contributed by atoms with E-state index in [2.05, 4.69) is 120 Å². The van der Waals surface area contributed by atoms with E-state index in [1.807, 2.05) is 58.2 Å². The van der Waals surface area contributed by atoms with Gasteiger partial charge in [0, 0.05) is 94.3 Å². The molecule has 0 aliphatic carbocycles. The van der Waals surface area contributed by atoms with Crippen LogP contribution < -0.4 is 9.46 Å². The predicted octanol–water partition coefficient (Wildman–Crippen LogP) is 11.2. The lowest BCUT2D eigenvalue weighted by Gasteiger charge is -2.09. The van der Waals surface area contributed by atoms with Gasteiger partial charge < -0.3 is 15.3 Å². The molecule has 0 aliphatic rings. The number of rotatable bonds is 4. The van der Waals surface area contributed by atoms with Crippen molar-refractivity contribution >= 4 is 88.8 Å². The first-order valence-electron chi connectivity index (χ1n) is 19.9. The van der Waals surface area contributed by atoms with E-state index in [1.165, 1.54) is 17.3 Å². The number of nitrogens with zero attached hydrogens (tertiary/aromatic N) is 14. The summed E-state index contributed by atoms with van der Waals surface area (Å²) in [5.41, 5.74) is 4.15. The highest BCUT2D eigenvalue weighted by molar-refractivity contribution is 9.11. The summed E-state index contributed by atoms with van der Waals surface area (Å²) in [4.78, 5) is 19.6. The Hall–Kier alpha value is -5.57. The predicted molar refractivity (Wildman–Crippen MR) is 283 cm³/mol. The van der Waals surface area contributed by atoms with Gasteiger partial charge in [-0.25, -0.2) is 28.8 Å². The summed E-state index contributed by atoms with van der Waals surface area (Å²) in [6.45, 7) is 17.0. The minimum Gasteiger partial charge on any atom is -0.711 e.